The first-order chi connectivity index (χ1) is 9.63. The molecule has 0 aromatic carbocycles. The van der Waals surface area contributed by atoms with Crippen LogP contribution < -0.4 is 11.1 Å². The Morgan fingerprint density at radius 1 is 1.25 bits per heavy atom. The topological polar surface area (TPSA) is 78.7 Å². The van der Waals surface area contributed by atoms with Crippen molar-refractivity contribution in [2.45, 2.75) is 13.0 Å². The van der Waals surface area contributed by atoms with Gasteiger partial charge in [0, 0.05) is 24.5 Å². The smallest absolute Gasteiger partial charge is 0.318 e. The van der Waals surface area contributed by atoms with Gasteiger partial charge in [0.1, 0.15) is 0 Å². The highest BCUT2D eigenvalue weighted by atomic mass is 32.1. The second-order valence-corrected chi connectivity index (χ2v) is 5.93. The molecule has 2 rings (SSSR count). The highest BCUT2D eigenvalue weighted by Gasteiger charge is 2.17. The molecule has 1 aliphatic rings. The summed E-state index contributed by atoms with van der Waals surface area (Å²) in [7, 11) is 0. The van der Waals surface area contributed by atoms with Gasteiger partial charge in [-0.2, -0.15) is 0 Å². The highest BCUT2D eigenvalue weighted by Crippen LogP contribution is 2.13. The highest BCUT2D eigenvalue weighted by molar-refractivity contribution is 7.09. The number of imide groups is 1. The van der Waals surface area contributed by atoms with Crippen LogP contribution in [0.2, 0.25) is 0 Å². The maximum Gasteiger partial charge on any atom is 0.318 e. The Balaban J connectivity index is 1.77. The number of hydrogen-bond acceptors (Lipinski definition) is 5. The van der Waals surface area contributed by atoms with Crippen molar-refractivity contribution in [3.63, 3.8) is 0 Å². The Labute approximate surface area is 122 Å². The third kappa shape index (κ3) is 4.92. The molecular formula is C13H20N4O2S. The van der Waals surface area contributed by atoms with Crippen LogP contribution in [0.15, 0.2) is 17.5 Å². The predicted octanol–water partition coefficient (Wildman–Crippen LogP) is 0.451. The predicted molar refractivity (Wildman–Crippen MR) is 78.4 cm³/mol. The Hall–Kier alpha value is -1.44. The fourth-order valence-electron chi connectivity index (χ4n) is 2.34. The summed E-state index contributed by atoms with van der Waals surface area (Å²) in [6, 6.07) is 3.43. The van der Waals surface area contributed by atoms with E-state index in [4.69, 9.17) is 5.73 Å². The molecule has 7 heteroatoms. The van der Waals surface area contributed by atoms with Gasteiger partial charge in [0.25, 0.3) is 0 Å². The summed E-state index contributed by atoms with van der Waals surface area (Å²) in [5.74, 6) is -0.329. The van der Waals surface area contributed by atoms with Crippen molar-refractivity contribution in [3.05, 3.63) is 22.4 Å². The van der Waals surface area contributed by atoms with E-state index in [1.807, 2.05) is 0 Å². The molecule has 1 aromatic heterocycles. The lowest BCUT2D eigenvalue weighted by atomic mass is 10.3. The molecule has 20 heavy (non-hydrogen) atoms. The number of nitrogens with zero attached hydrogens (tertiary/aromatic N) is 2. The lowest BCUT2D eigenvalue weighted by molar-refractivity contribution is -0.121. The van der Waals surface area contributed by atoms with E-state index in [1.54, 1.807) is 11.3 Å². The summed E-state index contributed by atoms with van der Waals surface area (Å²) in [5, 5.41) is 4.20. The number of carbonyl (C=O) groups excluding carboxylic acids is 2. The first kappa shape index (κ1) is 15.0. The minimum atomic E-state index is -0.788. The summed E-state index contributed by atoms with van der Waals surface area (Å²) in [5.41, 5.74) is 4.93. The van der Waals surface area contributed by atoms with E-state index in [0.717, 1.165) is 39.1 Å². The van der Waals surface area contributed by atoms with Crippen molar-refractivity contribution in [1.82, 2.24) is 15.1 Å². The van der Waals surface area contributed by atoms with Gasteiger partial charge in [-0.1, -0.05) is 6.07 Å². The summed E-state index contributed by atoms with van der Waals surface area (Å²) in [4.78, 5) is 27.9. The third-order valence-electron chi connectivity index (χ3n) is 3.27. The fraction of sp³-hybridized carbons (Fsp3) is 0.538. The number of amides is 3. The Bertz CT molecular complexity index is 449. The molecule has 3 amide bonds. The Morgan fingerprint density at radius 2 is 2.00 bits per heavy atom. The van der Waals surface area contributed by atoms with E-state index in [0.29, 0.717) is 0 Å². The Kier molecular flexibility index (Phi) is 5.51. The number of carbonyl (C=O) groups is 2. The molecule has 0 atom stereocenters. The normalized spacial score (nSPS) is 17.6. The van der Waals surface area contributed by atoms with Crippen LogP contribution in [0, 0.1) is 0 Å². The molecule has 6 nitrogen and oxygen atoms in total. The summed E-state index contributed by atoms with van der Waals surface area (Å²) >= 11 is 1.77. The molecule has 1 fully saturated rings. The molecule has 0 radical (unpaired) electrons. The summed E-state index contributed by atoms with van der Waals surface area (Å²) in [6.45, 7) is 4.87. The van der Waals surface area contributed by atoms with Crippen LogP contribution in [0.5, 0.6) is 0 Å². The van der Waals surface area contributed by atoms with Crippen LogP contribution in [0.25, 0.3) is 0 Å². The van der Waals surface area contributed by atoms with Crippen LogP contribution in [0.1, 0.15) is 11.3 Å². The maximum absolute atomic E-state index is 11.5. The van der Waals surface area contributed by atoms with Gasteiger partial charge in [-0.3, -0.25) is 19.9 Å². The van der Waals surface area contributed by atoms with Crippen molar-refractivity contribution in [2.75, 3.05) is 32.7 Å². The Morgan fingerprint density at radius 3 is 2.70 bits per heavy atom. The second kappa shape index (κ2) is 7.37. The van der Waals surface area contributed by atoms with Gasteiger partial charge in [0.05, 0.1) is 6.54 Å². The molecule has 1 aromatic rings. The number of hydrogen-bond donors (Lipinski definition) is 2. The molecule has 0 saturated carbocycles. The van der Waals surface area contributed by atoms with E-state index in [1.165, 1.54) is 4.88 Å². The van der Waals surface area contributed by atoms with Gasteiger partial charge in [-0.05, 0) is 31.0 Å². The van der Waals surface area contributed by atoms with Crippen molar-refractivity contribution in [2.24, 2.45) is 5.73 Å². The summed E-state index contributed by atoms with van der Waals surface area (Å²) in [6.07, 6.45) is 1.02. The van der Waals surface area contributed by atoms with E-state index in [2.05, 4.69) is 32.6 Å². The fourth-order valence-corrected chi connectivity index (χ4v) is 3.09. The first-order valence-corrected chi connectivity index (χ1v) is 7.58. The van der Waals surface area contributed by atoms with Gasteiger partial charge in [0.2, 0.25) is 5.91 Å². The third-order valence-corrected chi connectivity index (χ3v) is 4.13. The molecule has 0 aliphatic carbocycles. The van der Waals surface area contributed by atoms with Crippen molar-refractivity contribution in [3.8, 4) is 0 Å². The second-order valence-electron chi connectivity index (χ2n) is 4.90. The first-order valence-electron chi connectivity index (χ1n) is 6.70. The lowest BCUT2D eigenvalue weighted by Gasteiger charge is -2.20. The monoisotopic (exact) mass is 296 g/mol. The minimum absolute atomic E-state index is 0.232. The summed E-state index contributed by atoms with van der Waals surface area (Å²) < 4.78 is 0. The molecule has 2 heterocycles. The van der Waals surface area contributed by atoms with Crippen LogP contribution in [0.3, 0.4) is 0 Å². The van der Waals surface area contributed by atoms with Crippen LogP contribution >= 0.6 is 11.3 Å². The van der Waals surface area contributed by atoms with Crippen LogP contribution in [0.4, 0.5) is 4.79 Å². The standard InChI is InChI=1S/C13H20N4O2S/c14-13(19)15-12(18)10-17-5-2-4-16(6-7-17)9-11-3-1-8-20-11/h1,3,8H,2,4-7,9-10H2,(H3,14,15,18,19). The number of rotatable bonds is 4. The van der Waals surface area contributed by atoms with Gasteiger partial charge in [0.15, 0.2) is 0 Å². The average molecular weight is 296 g/mol. The molecule has 0 bridgehead atoms. The lowest BCUT2D eigenvalue weighted by Crippen LogP contribution is -2.43. The maximum atomic E-state index is 11.5. The number of urea groups is 1. The van der Waals surface area contributed by atoms with Gasteiger partial charge >= 0.3 is 6.03 Å². The van der Waals surface area contributed by atoms with E-state index >= 15 is 0 Å². The van der Waals surface area contributed by atoms with Gasteiger partial charge in [-0.15, -0.1) is 11.3 Å². The van der Waals surface area contributed by atoms with E-state index in [-0.39, 0.29) is 12.5 Å². The number of nitrogens with two attached hydrogens (primary N) is 1. The molecule has 3 N–H and O–H groups in total. The average Bonchev–Trinajstić information content (AvgIpc) is 2.77. The largest absolute Gasteiger partial charge is 0.351 e. The molecule has 1 aliphatic heterocycles. The van der Waals surface area contributed by atoms with E-state index in [9.17, 15) is 9.59 Å². The SMILES string of the molecule is NC(=O)NC(=O)CN1CCCN(Cc2cccs2)CC1. The number of primary amides is 1. The zero-order valence-corrected chi connectivity index (χ0v) is 12.2. The zero-order chi connectivity index (χ0) is 14.4. The zero-order valence-electron chi connectivity index (χ0n) is 11.4. The number of nitrogens with one attached hydrogen (secondary N) is 1. The molecule has 110 valence electrons. The molecule has 0 unspecified atom stereocenters. The van der Waals surface area contributed by atoms with E-state index < -0.39 is 6.03 Å². The molecule has 0 spiro atoms. The molecule has 1 saturated heterocycles. The van der Waals surface area contributed by atoms with Crippen LogP contribution in [-0.2, 0) is 11.3 Å². The van der Waals surface area contributed by atoms with Crippen molar-refractivity contribution >= 4 is 23.3 Å². The number of thiophene rings is 1. The van der Waals surface area contributed by atoms with Crippen LogP contribution in [-0.4, -0.2) is 54.5 Å². The molecular weight excluding hydrogens is 276 g/mol. The van der Waals surface area contributed by atoms with Gasteiger partial charge < -0.3 is 5.73 Å². The van der Waals surface area contributed by atoms with Gasteiger partial charge in [-0.25, -0.2) is 4.79 Å². The van der Waals surface area contributed by atoms with Crippen molar-refractivity contribution < 1.29 is 9.59 Å². The van der Waals surface area contributed by atoms with Crippen molar-refractivity contribution in [1.29, 1.82) is 0 Å². The quantitative estimate of drug-likeness (QED) is 0.845. The minimum Gasteiger partial charge on any atom is -0.351 e.